The first kappa shape index (κ1) is 23.8. The van der Waals surface area contributed by atoms with Crippen molar-refractivity contribution in [3.05, 3.63) is 53.6 Å². The summed E-state index contributed by atoms with van der Waals surface area (Å²) >= 11 is 1.48. The summed E-state index contributed by atoms with van der Waals surface area (Å²) in [5.74, 6) is -0.215. The Bertz CT molecular complexity index is 1230. The molecule has 1 aliphatic rings. The predicted molar refractivity (Wildman–Crippen MR) is 132 cm³/mol. The first-order chi connectivity index (χ1) is 15.8. The number of carbonyl (C=O) groups is 1. The molecule has 176 valence electrons. The summed E-state index contributed by atoms with van der Waals surface area (Å²) in [7, 11) is -3.58. The number of aryl methyl sites for hydroxylation is 1. The molecular weight excluding hydrogens is 458 g/mol. The number of carbonyl (C=O) groups excluding carboxylic acids is 1. The Morgan fingerprint density at radius 1 is 1.15 bits per heavy atom. The standard InChI is InChI=1S/C24H29N3O4S2/c1-4-26(5-2)33(29,30)20-11-9-18(10-12-20)23(28)27(16-19-7-6-14-31-19)24-25-21-13-8-17(3)15-22(21)32-24/h8-13,15,19H,4-7,14,16H2,1-3H3. The first-order valence-corrected chi connectivity index (χ1v) is 13.5. The highest BCUT2D eigenvalue weighted by atomic mass is 32.2. The van der Waals surface area contributed by atoms with Crippen LogP contribution in [0.4, 0.5) is 5.13 Å². The largest absolute Gasteiger partial charge is 0.376 e. The third kappa shape index (κ3) is 4.96. The van der Waals surface area contributed by atoms with Crippen LogP contribution in [0.15, 0.2) is 47.4 Å². The minimum absolute atomic E-state index is 0.0370. The van der Waals surface area contributed by atoms with Gasteiger partial charge in [-0.1, -0.05) is 31.3 Å². The molecule has 1 atom stereocenters. The van der Waals surface area contributed by atoms with Crippen LogP contribution in [0.2, 0.25) is 0 Å². The number of amides is 1. The van der Waals surface area contributed by atoms with Gasteiger partial charge in [-0.15, -0.1) is 0 Å². The number of hydrogen-bond acceptors (Lipinski definition) is 6. The van der Waals surface area contributed by atoms with Gasteiger partial charge in [-0.05, 0) is 61.7 Å². The molecule has 0 saturated carbocycles. The van der Waals surface area contributed by atoms with E-state index in [2.05, 4.69) is 6.07 Å². The van der Waals surface area contributed by atoms with Gasteiger partial charge in [-0.2, -0.15) is 4.31 Å². The smallest absolute Gasteiger partial charge is 0.260 e. The fourth-order valence-electron chi connectivity index (χ4n) is 4.01. The number of anilines is 1. The van der Waals surface area contributed by atoms with E-state index in [9.17, 15) is 13.2 Å². The first-order valence-electron chi connectivity index (χ1n) is 11.2. The lowest BCUT2D eigenvalue weighted by molar-refractivity contribution is 0.0917. The van der Waals surface area contributed by atoms with E-state index >= 15 is 0 Å². The monoisotopic (exact) mass is 487 g/mol. The highest BCUT2D eigenvalue weighted by molar-refractivity contribution is 7.89. The molecule has 4 rings (SSSR count). The van der Waals surface area contributed by atoms with E-state index in [1.165, 1.54) is 27.8 Å². The quantitative estimate of drug-likeness (QED) is 0.469. The Kier molecular flexibility index (Phi) is 7.13. The molecule has 2 aromatic carbocycles. The van der Waals surface area contributed by atoms with Gasteiger partial charge in [0.1, 0.15) is 0 Å². The van der Waals surface area contributed by atoms with Crippen molar-refractivity contribution in [3.8, 4) is 0 Å². The maximum atomic E-state index is 13.6. The number of benzene rings is 2. The van der Waals surface area contributed by atoms with E-state index in [4.69, 9.17) is 9.72 Å². The highest BCUT2D eigenvalue weighted by Gasteiger charge is 2.28. The van der Waals surface area contributed by atoms with E-state index in [-0.39, 0.29) is 16.9 Å². The van der Waals surface area contributed by atoms with Gasteiger partial charge in [0.15, 0.2) is 5.13 Å². The summed E-state index contributed by atoms with van der Waals surface area (Å²) in [6.07, 6.45) is 1.84. The normalized spacial score (nSPS) is 16.5. The summed E-state index contributed by atoms with van der Waals surface area (Å²) in [5, 5.41) is 0.621. The maximum absolute atomic E-state index is 13.6. The molecule has 0 bridgehead atoms. The number of sulfonamides is 1. The second-order valence-electron chi connectivity index (χ2n) is 8.13. The number of ether oxygens (including phenoxy) is 1. The number of aromatic nitrogens is 1. The Morgan fingerprint density at radius 3 is 2.52 bits per heavy atom. The van der Waals surface area contributed by atoms with E-state index in [0.29, 0.717) is 36.9 Å². The average Bonchev–Trinajstić information content (AvgIpc) is 3.47. The summed E-state index contributed by atoms with van der Waals surface area (Å²) in [5.41, 5.74) is 2.41. The third-order valence-corrected chi connectivity index (χ3v) is 8.97. The van der Waals surface area contributed by atoms with Crippen LogP contribution in [0.25, 0.3) is 10.2 Å². The van der Waals surface area contributed by atoms with Gasteiger partial charge in [-0.25, -0.2) is 13.4 Å². The summed E-state index contributed by atoms with van der Waals surface area (Å²) in [6, 6.07) is 12.2. The van der Waals surface area contributed by atoms with E-state index in [0.717, 1.165) is 28.6 Å². The summed E-state index contributed by atoms with van der Waals surface area (Å²) in [4.78, 5) is 20.1. The molecule has 1 saturated heterocycles. The van der Waals surface area contributed by atoms with Crippen molar-refractivity contribution in [1.29, 1.82) is 0 Å². The lowest BCUT2D eigenvalue weighted by Gasteiger charge is -2.23. The molecule has 0 spiro atoms. The molecule has 0 N–H and O–H groups in total. The molecule has 2 heterocycles. The zero-order valence-electron chi connectivity index (χ0n) is 19.2. The maximum Gasteiger partial charge on any atom is 0.260 e. The van der Waals surface area contributed by atoms with Gasteiger partial charge in [0.05, 0.1) is 27.8 Å². The van der Waals surface area contributed by atoms with Crippen LogP contribution in [0.3, 0.4) is 0 Å². The molecule has 3 aromatic rings. The minimum atomic E-state index is -3.58. The Balaban J connectivity index is 1.66. The minimum Gasteiger partial charge on any atom is -0.376 e. The van der Waals surface area contributed by atoms with E-state index in [1.54, 1.807) is 30.9 Å². The van der Waals surface area contributed by atoms with Crippen LogP contribution in [0, 0.1) is 6.92 Å². The van der Waals surface area contributed by atoms with Crippen LogP contribution in [0.5, 0.6) is 0 Å². The van der Waals surface area contributed by atoms with Crippen LogP contribution >= 0.6 is 11.3 Å². The van der Waals surface area contributed by atoms with Crippen molar-refractivity contribution >= 4 is 42.6 Å². The van der Waals surface area contributed by atoms with Gasteiger partial charge in [-0.3, -0.25) is 9.69 Å². The van der Waals surface area contributed by atoms with Crippen LogP contribution < -0.4 is 4.90 Å². The van der Waals surface area contributed by atoms with Gasteiger partial charge in [0, 0.05) is 25.3 Å². The number of thiazole rings is 1. The second-order valence-corrected chi connectivity index (χ2v) is 11.1. The van der Waals surface area contributed by atoms with Crippen LogP contribution in [-0.2, 0) is 14.8 Å². The molecule has 1 aliphatic heterocycles. The lowest BCUT2D eigenvalue weighted by atomic mass is 10.2. The van der Waals surface area contributed by atoms with Crippen molar-refractivity contribution < 1.29 is 17.9 Å². The number of fused-ring (bicyclic) bond motifs is 1. The molecule has 0 aliphatic carbocycles. The average molecular weight is 488 g/mol. The van der Waals surface area contributed by atoms with Gasteiger partial charge in [0.2, 0.25) is 10.0 Å². The zero-order valence-corrected chi connectivity index (χ0v) is 20.8. The molecule has 1 aromatic heterocycles. The molecule has 1 unspecified atom stereocenters. The van der Waals surface area contributed by atoms with Crippen molar-refractivity contribution in [2.24, 2.45) is 0 Å². The molecular formula is C24H29N3O4S2. The lowest BCUT2D eigenvalue weighted by Crippen LogP contribution is -2.37. The van der Waals surface area contributed by atoms with E-state index in [1.807, 2.05) is 19.1 Å². The molecule has 1 fully saturated rings. The fraction of sp³-hybridized carbons (Fsp3) is 0.417. The van der Waals surface area contributed by atoms with Crippen molar-refractivity contribution in [1.82, 2.24) is 9.29 Å². The second kappa shape index (κ2) is 9.89. The van der Waals surface area contributed by atoms with Crippen molar-refractivity contribution in [2.75, 3.05) is 31.1 Å². The van der Waals surface area contributed by atoms with Crippen LogP contribution in [-0.4, -0.2) is 56.0 Å². The molecule has 33 heavy (non-hydrogen) atoms. The van der Waals surface area contributed by atoms with Gasteiger partial charge < -0.3 is 4.74 Å². The topological polar surface area (TPSA) is 79.8 Å². The molecule has 1 amide bonds. The SMILES string of the molecule is CCN(CC)S(=O)(=O)c1ccc(C(=O)N(CC2CCCO2)c2nc3ccc(C)cc3s2)cc1. The predicted octanol–water partition coefficient (Wildman–Crippen LogP) is 4.46. The summed E-state index contributed by atoms with van der Waals surface area (Å²) in [6.45, 7) is 7.54. The number of rotatable bonds is 8. The Morgan fingerprint density at radius 2 is 1.88 bits per heavy atom. The zero-order chi connectivity index (χ0) is 23.6. The highest BCUT2D eigenvalue weighted by Crippen LogP contribution is 2.31. The van der Waals surface area contributed by atoms with Crippen LogP contribution in [0.1, 0.15) is 42.6 Å². The third-order valence-electron chi connectivity index (χ3n) is 5.86. The molecule has 0 radical (unpaired) electrons. The Hall–Kier alpha value is -2.33. The van der Waals surface area contributed by atoms with Crippen molar-refractivity contribution in [2.45, 2.75) is 44.6 Å². The molecule has 9 heteroatoms. The molecule has 7 nitrogen and oxygen atoms in total. The van der Waals surface area contributed by atoms with Crippen molar-refractivity contribution in [3.63, 3.8) is 0 Å². The number of nitrogens with zero attached hydrogens (tertiary/aromatic N) is 3. The number of hydrogen-bond donors (Lipinski definition) is 0. The van der Waals surface area contributed by atoms with Gasteiger partial charge in [0.25, 0.3) is 5.91 Å². The summed E-state index contributed by atoms with van der Waals surface area (Å²) < 4.78 is 33.8. The fourth-order valence-corrected chi connectivity index (χ4v) is 6.54. The van der Waals surface area contributed by atoms with E-state index < -0.39 is 10.0 Å². The Labute approximate surface area is 199 Å². The van der Waals surface area contributed by atoms with Gasteiger partial charge >= 0.3 is 0 Å².